The first-order valence-electron chi connectivity index (χ1n) is 5.72. The maximum atomic E-state index is 11.2. The molecule has 5 nitrogen and oxygen atoms in total. The second kappa shape index (κ2) is 4.13. The average molecular weight is 253 g/mol. The predicted molar refractivity (Wildman–Crippen MR) is 72.0 cm³/mol. The summed E-state index contributed by atoms with van der Waals surface area (Å²) >= 11 is 0. The second-order valence-electron chi connectivity index (χ2n) is 4.20. The lowest BCUT2D eigenvalue weighted by atomic mass is 10.1. The van der Waals surface area contributed by atoms with E-state index in [1.807, 2.05) is 0 Å². The van der Waals surface area contributed by atoms with Crippen LogP contribution in [0.5, 0.6) is 0 Å². The highest BCUT2D eigenvalue weighted by Crippen LogP contribution is 2.23. The van der Waals surface area contributed by atoms with Crippen LogP contribution in [-0.2, 0) is 0 Å². The fraction of sp³-hybridized carbons (Fsp3) is 0. The number of hydrogen-bond acceptors (Lipinski definition) is 3. The first-order valence-corrected chi connectivity index (χ1v) is 5.72. The largest absolute Gasteiger partial charge is 0.478 e. The van der Waals surface area contributed by atoms with Gasteiger partial charge in [0, 0.05) is 23.6 Å². The Morgan fingerprint density at radius 1 is 1.16 bits per heavy atom. The smallest absolute Gasteiger partial charge is 0.336 e. The van der Waals surface area contributed by atoms with E-state index in [2.05, 4.69) is 4.98 Å². The Kier molecular flexibility index (Phi) is 2.45. The number of nitrogens with two attached hydrogens (primary N) is 1. The van der Waals surface area contributed by atoms with Gasteiger partial charge in [0.2, 0.25) is 0 Å². The molecule has 0 saturated heterocycles. The van der Waals surface area contributed by atoms with Gasteiger partial charge < -0.3 is 15.2 Å². The first kappa shape index (κ1) is 11.3. The standard InChI is InChI=1S/C14H11N3O2/c15-9-5-6-13-16-12(8-17(13)7-9)10-3-1-2-4-11(10)14(18)19/h1-8H,15H2,(H,18,19). The van der Waals surface area contributed by atoms with Gasteiger partial charge in [-0.3, -0.25) is 0 Å². The molecular weight excluding hydrogens is 242 g/mol. The number of nitrogen functional groups attached to an aromatic ring is 1. The molecule has 0 aliphatic carbocycles. The summed E-state index contributed by atoms with van der Waals surface area (Å²) in [6.07, 6.45) is 3.52. The van der Waals surface area contributed by atoms with E-state index in [0.717, 1.165) is 5.65 Å². The minimum Gasteiger partial charge on any atom is -0.478 e. The van der Waals surface area contributed by atoms with E-state index in [1.54, 1.807) is 53.2 Å². The molecule has 3 rings (SSSR count). The normalized spacial score (nSPS) is 10.7. The van der Waals surface area contributed by atoms with Crippen molar-refractivity contribution in [3.05, 3.63) is 54.4 Å². The SMILES string of the molecule is Nc1ccc2nc(-c3ccccc3C(=O)O)cn2c1. The van der Waals surface area contributed by atoms with E-state index >= 15 is 0 Å². The van der Waals surface area contributed by atoms with E-state index in [0.29, 0.717) is 16.9 Å². The van der Waals surface area contributed by atoms with Gasteiger partial charge in [-0.05, 0) is 18.2 Å². The fourth-order valence-corrected chi connectivity index (χ4v) is 2.03. The maximum absolute atomic E-state index is 11.2. The second-order valence-corrected chi connectivity index (χ2v) is 4.20. The van der Waals surface area contributed by atoms with Crippen molar-refractivity contribution in [3.63, 3.8) is 0 Å². The number of aromatic nitrogens is 2. The summed E-state index contributed by atoms with van der Waals surface area (Å²) < 4.78 is 1.78. The number of pyridine rings is 1. The molecule has 0 amide bonds. The lowest BCUT2D eigenvalue weighted by Crippen LogP contribution is -1.98. The quantitative estimate of drug-likeness (QED) is 0.734. The minimum absolute atomic E-state index is 0.235. The fourth-order valence-electron chi connectivity index (χ4n) is 2.03. The molecule has 0 aliphatic rings. The van der Waals surface area contributed by atoms with Crippen LogP contribution in [0, 0.1) is 0 Å². The van der Waals surface area contributed by atoms with Crippen LogP contribution < -0.4 is 5.73 Å². The van der Waals surface area contributed by atoms with Crippen molar-refractivity contribution in [2.24, 2.45) is 0 Å². The molecule has 0 unspecified atom stereocenters. The Morgan fingerprint density at radius 2 is 1.95 bits per heavy atom. The van der Waals surface area contributed by atoms with Crippen LogP contribution in [0.25, 0.3) is 16.9 Å². The third-order valence-electron chi connectivity index (χ3n) is 2.91. The van der Waals surface area contributed by atoms with Crippen LogP contribution in [0.3, 0.4) is 0 Å². The maximum Gasteiger partial charge on any atom is 0.336 e. The highest BCUT2D eigenvalue weighted by Gasteiger charge is 2.13. The van der Waals surface area contributed by atoms with Gasteiger partial charge >= 0.3 is 5.97 Å². The van der Waals surface area contributed by atoms with Gasteiger partial charge in [-0.2, -0.15) is 0 Å². The molecule has 3 aromatic rings. The molecule has 1 aromatic carbocycles. The van der Waals surface area contributed by atoms with Gasteiger partial charge in [-0.1, -0.05) is 18.2 Å². The molecule has 3 N–H and O–H groups in total. The molecule has 0 bridgehead atoms. The molecule has 0 saturated carbocycles. The van der Waals surface area contributed by atoms with Crippen LogP contribution in [0.1, 0.15) is 10.4 Å². The summed E-state index contributed by atoms with van der Waals surface area (Å²) in [4.78, 5) is 15.6. The Morgan fingerprint density at radius 3 is 2.74 bits per heavy atom. The van der Waals surface area contributed by atoms with Gasteiger partial charge in [0.1, 0.15) is 5.65 Å². The van der Waals surface area contributed by atoms with E-state index in [4.69, 9.17) is 5.73 Å². The van der Waals surface area contributed by atoms with Crippen molar-refractivity contribution in [2.45, 2.75) is 0 Å². The minimum atomic E-state index is -0.966. The molecule has 2 aromatic heterocycles. The number of hydrogen-bond donors (Lipinski definition) is 2. The topological polar surface area (TPSA) is 80.6 Å². The highest BCUT2D eigenvalue weighted by molar-refractivity contribution is 5.95. The number of rotatable bonds is 2. The van der Waals surface area contributed by atoms with Crippen LogP contribution in [0.2, 0.25) is 0 Å². The summed E-state index contributed by atoms with van der Waals surface area (Å²) in [5.41, 5.74) is 8.51. The summed E-state index contributed by atoms with van der Waals surface area (Å²) in [6.45, 7) is 0. The van der Waals surface area contributed by atoms with Crippen LogP contribution in [-0.4, -0.2) is 20.5 Å². The Balaban J connectivity index is 2.22. The Hall–Kier alpha value is -2.82. The predicted octanol–water partition coefficient (Wildman–Crippen LogP) is 2.28. The number of fused-ring (bicyclic) bond motifs is 1. The van der Waals surface area contributed by atoms with Crippen LogP contribution in [0.4, 0.5) is 5.69 Å². The number of carboxylic acid groups (broad SMARTS) is 1. The van der Waals surface area contributed by atoms with Crippen molar-refractivity contribution in [3.8, 4) is 11.3 Å². The molecule has 0 atom stereocenters. The average Bonchev–Trinajstić information content (AvgIpc) is 2.81. The molecule has 5 heteroatoms. The molecule has 19 heavy (non-hydrogen) atoms. The summed E-state index contributed by atoms with van der Waals surface area (Å²) in [7, 11) is 0. The van der Waals surface area contributed by atoms with Crippen molar-refractivity contribution >= 4 is 17.3 Å². The number of nitrogens with zero attached hydrogens (tertiary/aromatic N) is 2. The van der Waals surface area contributed by atoms with Crippen LogP contribution >= 0.6 is 0 Å². The molecule has 94 valence electrons. The molecule has 0 fully saturated rings. The monoisotopic (exact) mass is 253 g/mol. The summed E-state index contributed by atoms with van der Waals surface area (Å²) in [6, 6.07) is 10.4. The number of benzene rings is 1. The van der Waals surface area contributed by atoms with Gasteiger partial charge in [-0.25, -0.2) is 9.78 Å². The third-order valence-corrected chi connectivity index (χ3v) is 2.91. The number of anilines is 1. The molecule has 0 radical (unpaired) electrons. The lowest BCUT2D eigenvalue weighted by molar-refractivity contribution is 0.0697. The van der Waals surface area contributed by atoms with Gasteiger partial charge in [-0.15, -0.1) is 0 Å². The Bertz CT molecular complexity index is 777. The van der Waals surface area contributed by atoms with E-state index in [9.17, 15) is 9.90 Å². The van der Waals surface area contributed by atoms with Gasteiger partial charge in [0.25, 0.3) is 0 Å². The van der Waals surface area contributed by atoms with Gasteiger partial charge in [0.15, 0.2) is 0 Å². The highest BCUT2D eigenvalue weighted by atomic mass is 16.4. The third kappa shape index (κ3) is 1.91. The van der Waals surface area contributed by atoms with Crippen molar-refractivity contribution < 1.29 is 9.90 Å². The Labute approximate surface area is 108 Å². The molecule has 0 spiro atoms. The van der Waals surface area contributed by atoms with Crippen molar-refractivity contribution in [2.75, 3.05) is 5.73 Å². The van der Waals surface area contributed by atoms with Crippen molar-refractivity contribution in [1.82, 2.24) is 9.38 Å². The van der Waals surface area contributed by atoms with Gasteiger partial charge in [0.05, 0.1) is 11.3 Å². The van der Waals surface area contributed by atoms with E-state index < -0.39 is 5.97 Å². The lowest BCUT2D eigenvalue weighted by Gasteiger charge is -2.01. The zero-order valence-electron chi connectivity index (χ0n) is 9.95. The summed E-state index contributed by atoms with van der Waals surface area (Å²) in [5, 5.41) is 9.19. The molecular formula is C14H11N3O2. The summed E-state index contributed by atoms with van der Waals surface area (Å²) in [5.74, 6) is -0.966. The van der Waals surface area contributed by atoms with Crippen molar-refractivity contribution in [1.29, 1.82) is 0 Å². The zero-order chi connectivity index (χ0) is 13.4. The number of carboxylic acids is 1. The number of carbonyl (C=O) groups is 1. The molecule has 2 heterocycles. The first-order chi connectivity index (χ1) is 9.15. The van der Waals surface area contributed by atoms with E-state index in [1.165, 1.54) is 0 Å². The van der Waals surface area contributed by atoms with Crippen LogP contribution in [0.15, 0.2) is 48.8 Å². The number of imidazole rings is 1. The zero-order valence-corrected chi connectivity index (χ0v) is 9.95. The van der Waals surface area contributed by atoms with E-state index in [-0.39, 0.29) is 5.56 Å². The number of aromatic carboxylic acids is 1. The molecule has 0 aliphatic heterocycles.